The number of anilines is 2. The summed E-state index contributed by atoms with van der Waals surface area (Å²) in [5.74, 6) is 5.69. The van der Waals surface area contributed by atoms with Crippen LogP contribution >= 0.6 is 0 Å². The molecule has 1 amide bonds. The summed E-state index contributed by atoms with van der Waals surface area (Å²) in [6, 6.07) is 32.4. The van der Waals surface area contributed by atoms with Crippen LogP contribution < -0.4 is 10.2 Å². The largest absolute Gasteiger partial charge is 0.465 e. The van der Waals surface area contributed by atoms with Crippen molar-refractivity contribution in [3.63, 3.8) is 0 Å². The number of methoxy groups -OCH3 is 1. The second-order valence-electron chi connectivity index (χ2n) is 8.52. The second kappa shape index (κ2) is 12.2. The van der Waals surface area contributed by atoms with E-state index in [0.717, 1.165) is 22.5 Å². The van der Waals surface area contributed by atoms with Gasteiger partial charge in [0.25, 0.3) is 5.91 Å². The van der Waals surface area contributed by atoms with Crippen molar-refractivity contribution in [3.05, 3.63) is 131 Å². The van der Waals surface area contributed by atoms with Gasteiger partial charge in [-0.2, -0.15) is 0 Å². The lowest BCUT2D eigenvalue weighted by molar-refractivity contribution is 0.0600. The molecule has 1 N–H and O–H groups in total. The summed E-state index contributed by atoms with van der Waals surface area (Å²) in [6.07, 6.45) is 0. The molecule has 5 heteroatoms. The Kier molecular flexibility index (Phi) is 8.36. The van der Waals surface area contributed by atoms with Crippen molar-refractivity contribution in [2.75, 3.05) is 23.9 Å². The molecule has 0 fully saturated rings. The zero-order valence-corrected chi connectivity index (χ0v) is 20.9. The predicted molar refractivity (Wildman–Crippen MR) is 148 cm³/mol. The second-order valence-corrected chi connectivity index (χ2v) is 8.52. The normalized spacial score (nSPS) is 10.1. The van der Waals surface area contributed by atoms with Gasteiger partial charge >= 0.3 is 5.97 Å². The first-order valence-corrected chi connectivity index (χ1v) is 12.0. The highest BCUT2D eigenvalue weighted by atomic mass is 16.5. The van der Waals surface area contributed by atoms with Crippen LogP contribution in [0, 0.1) is 18.8 Å². The number of aryl methyl sites for hydroxylation is 1. The summed E-state index contributed by atoms with van der Waals surface area (Å²) in [7, 11) is 1.35. The van der Waals surface area contributed by atoms with E-state index in [4.69, 9.17) is 4.74 Å². The Morgan fingerprint density at radius 1 is 0.811 bits per heavy atom. The quantitative estimate of drug-likeness (QED) is 0.253. The summed E-state index contributed by atoms with van der Waals surface area (Å²) in [4.78, 5) is 27.5. The van der Waals surface area contributed by atoms with E-state index in [2.05, 4.69) is 22.1 Å². The van der Waals surface area contributed by atoms with Gasteiger partial charge in [0, 0.05) is 17.8 Å². The zero-order valence-electron chi connectivity index (χ0n) is 20.9. The van der Waals surface area contributed by atoms with Crippen molar-refractivity contribution in [2.24, 2.45) is 0 Å². The van der Waals surface area contributed by atoms with Crippen LogP contribution in [-0.4, -0.2) is 25.5 Å². The average Bonchev–Trinajstić information content (AvgIpc) is 2.94. The molecule has 0 radical (unpaired) electrons. The van der Waals surface area contributed by atoms with Crippen molar-refractivity contribution in [2.45, 2.75) is 13.5 Å². The molecule has 184 valence electrons. The maximum Gasteiger partial charge on any atom is 0.339 e. The third kappa shape index (κ3) is 6.65. The molecular formula is C32H28N2O3. The lowest BCUT2D eigenvalue weighted by Gasteiger charge is -2.25. The van der Waals surface area contributed by atoms with E-state index in [1.54, 1.807) is 18.2 Å². The fraction of sp³-hybridized carbons (Fsp3) is 0.125. The molecule has 0 aromatic heterocycles. The van der Waals surface area contributed by atoms with E-state index in [0.29, 0.717) is 29.8 Å². The highest BCUT2D eigenvalue weighted by molar-refractivity contribution is 6.08. The van der Waals surface area contributed by atoms with Crippen LogP contribution in [0.1, 0.15) is 37.4 Å². The number of rotatable bonds is 7. The smallest absolute Gasteiger partial charge is 0.339 e. The number of carbonyl (C=O) groups is 2. The van der Waals surface area contributed by atoms with E-state index in [9.17, 15) is 9.59 Å². The van der Waals surface area contributed by atoms with Crippen molar-refractivity contribution in [1.29, 1.82) is 0 Å². The third-order valence-electron chi connectivity index (χ3n) is 5.84. The van der Waals surface area contributed by atoms with Gasteiger partial charge in [0.2, 0.25) is 0 Å². The highest BCUT2D eigenvalue weighted by Crippen LogP contribution is 2.24. The van der Waals surface area contributed by atoms with Gasteiger partial charge in [-0.1, -0.05) is 84.1 Å². The van der Waals surface area contributed by atoms with Crippen molar-refractivity contribution in [3.8, 4) is 11.8 Å². The summed E-state index contributed by atoms with van der Waals surface area (Å²) in [5.41, 5.74) is 5.29. The minimum Gasteiger partial charge on any atom is -0.465 e. The number of para-hydroxylation sites is 1. The van der Waals surface area contributed by atoms with Crippen LogP contribution in [0.15, 0.2) is 103 Å². The van der Waals surface area contributed by atoms with Gasteiger partial charge in [-0.25, -0.2) is 4.79 Å². The molecule has 0 saturated heterocycles. The number of nitrogens with one attached hydrogen (secondary N) is 1. The third-order valence-corrected chi connectivity index (χ3v) is 5.84. The number of hydrogen-bond acceptors (Lipinski definition) is 4. The molecule has 0 heterocycles. The molecule has 0 unspecified atom stereocenters. The van der Waals surface area contributed by atoms with Gasteiger partial charge < -0.3 is 15.0 Å². The van der Waals surface area contributed by atoms with Crippen LogP contribution in [0.3, 0.4) is 0 Å². The van der Waals surface area contributed by atoms with Crippen LogP contribution in [0.2, 0.25) is 0 Å². The Morgan fingerprint density at radius 2 is 1.46 bits per heavy atom. The van der Waals surface area contributed by atoms with Crippen LogP contribution in [0.25, 0.3) is 0 Å². The molecule has 0 spiro atoms. The molecule has 0 atom stereocenters. The maximum atomic E-state index is 13.3. The molecule has 0 aliphatic rings. The minimum atomic E-state index is -0.427. The molecule has 4 rings (SSSR count). The summed E-state index contributed by atoms with van der Waals surface area (Å²) < 4.78 is 4.89. The number of carbonyl (C=O) groups excluding carboxylic acids is 2. The molecule has 0 aliphatic carbocycles. The Balaban J connectivity index is 1.65. The number of hydrogen-bond donors (Lipinski definition) is 1. The lowest BCUT2D eigenvalue weighted by atomic mass is 10.1. The zero-order chi connectivity index (χ0) is 26.0. The van der Waals surface area contributed by atoms with Gasteiger partial charge in [0.05, 0.1) is 30.5 Å². The first-order chi connectivity index (χ1) is 18.0. The Labute approximate surface area is 217 Å². The van der Waals surface area contributed by atoms with Crippen LogP contribution in [0.5, 0.6) is 0 Å². The fourth-order valence-electron chi connectivity index (χ4n) is 3.92. The molecule has 0 saturated carbocycles. The SMILES string of the molecule is COC(=O)c1ccccc1C#CCN(Cc1ccccc1)c1ccccc1C(=O)Nc1ccc(C)cc1. The van der Waals surface area contributed by atoms with E-state index in [1.165, 1.54) is 7.11 Å². The van der Waals surface area contributed by atoms with Gasteiger partial charge in [0.1, 0.15) is 0 Å². The molecule has 0 aliphatic heterocycles. The summed E-state index contributed by atoms with van der Waals surface area (Å²) >= 11 is 0. The lowest BCUT2D eigenvalue weighted by Crippen LogP contribution is -2.26. The summed E-state index contributed by atoms with van der Waals surface area (Å²) in [5, 5.41) is 3.00. The van der Waals surface area contributed by atoms with E-state index in [-0.39, 0.29) is 5.91 Å². The Bertz CT molecular complexity index is 1430. The first-order valence-electron chi connectivity index (χ1n) is 12.0. The standard InChI is InChI=1S/C32H28N2O3/c1-24-18-20-27(21-19-24)33-31(35)29-16-8-9-17-30(29)34(23-25-11-4-3-5-12-25)22-10-14-26-13-6-7-15-28(26)32(36)37-2/h3-9,11-13,15-21H,22-23H2,1-2H3,(H,33,35). The number of ether oxygens (including phenoxy) is 1. The van der Waals surface area contributed by atoms with Gasteiger partial charge in [0.15, 0.2) is 0 Å². The minimum absolute atomic E-state index is 0.193. The van der Waals surface area contributed by atoms with E-state index < -0.39 is 5.97 Å². The Hall–Kier alpha value is -4.82. The van der Waals surface area contributed by atoms with E-state index in [1.807, 2.05) is 91.9 Å². The van der Waals surface area contributed by atoms with Crippen LogP contribution in [-0.2, 0) is 11.3 Å². The monoisotopic (exact) mass is 488 g/mol. The molecule has 37 heavy (non-hydrogen) atoms. The molecule has 5 nitrogen and oxygen atoms in total. The maximum absolute atomic E-state index is 13.3. The van der Waals surface area contributed by atoms with Crippen molar-refractivity contribution < 1.29 is 14.3 Å². The van der Waals surface area contributed by atoms with Gasteiger partial charge in [-0.15, -0.1) is 0 Å². The average molecular weight is 489 g/mol. The van der Waals surface area contributed by atoms with Gasteiger partial charge in [-0.05, 0) is 48.9 Å². The summed E-state index contributed by atoms with van der Waals surface area (Å²) in [6.45, 7) is 2.91. The van der Waals surface area contributed by atoms with Crippen molar-refractivity contribution in [1.82, 2.24) is 0 Å². The topological polar surface area (TPSA) is 58.6 Å². The molecular weight excluding hydrogens is 460 g/mol. The first kappa shape index (κ1) is 25.3. The number of benzene rings is 4. The van der Waals surface area contributed by atoms with Crippen molar-refractivity contribution >= 4 is 23.3 Å². The molecule has 4 aromatic carbocycles. The molecule has 4 aromatic rings. The van der Waals surface area contributed by atoms with Gasteiger partial charge in [-0.3, -0.25) is 4.79 Å². The van der Waals surface area contributed by atoms with Crippen LogP contribution in [0.4, 0.5) is 11.4 Å². The number of amides is 1. The number of esters is 1. The predicted octanol–water partition coefficient (Wildman–Crippen LogP) is 6.09. The fourth-order valence-corrected chi connectivity index (χ4v) is 3.92. The Morgan fingerprint density at radius 3 is 2.19 bits per heavy atom. The highest BCUT2D eigenvalue weighted by Gasteiger charge is 2.17. The number of nitrogens with zero attached hydrogens (tertiary/aromatic N) is 1. The molecule has 0 bridgehead atoms. The van der Waals surface area contributed by atoms with E-state index >= 15 is 0 Å².